The molecule has 4 aromatic rings. The summed E-state index contributed by atoms with van der Waals surface area (Å²) in [6, 6.07) is 34.5. The summed E-state index contributed by atoms with van der Waals surface area (Å²) in [5.74, 6) is 1.59. The van der Waals surface area contributed by atoms with Gasteiger partial charge in [-0.1, -0.05) is 72.8 Å². The highest BCUT2D eigenvalue weighted by molar-refractivity contribution is 5.74. The number of aliphatic hydroxyl groups is 2. The summed E-state index contributed by atoms with van der Waals surface area (Å²) in [4.78, 5) is 10.5. The smallest absolute Gasteiger partial charge is 0.150 e. The van der Waals surface area contributed by atoms with Crippen LogP contribution in [-0.2, 0) is 19.8 Å². The van der Waals surface area contributed by atoms with Crippen LogP contribution < -0.4 is 9.47 Å². The molecule has 0 bridgehead atoms. The predicted octanol–water partition coefficient (Wildman–Crippen LogP) is 5.44. The van der Waals surface area contributed by atoms with Crippen LogP contribution in [0.5, 0.6) is 11.5 Å². The van der Waals surface area contributed by atoms with E-state index in [9.17, 15) is 4.79 Å². The number of aliphatic hydroxyl groups excluding tert-OH is 2. The minimum Gasteiger partial charge on any atom is -0.489 e. The molecular formula is C29H30O5. The molecule has 34 heavy (non-hydrogen) atoms. The minimum absolute atomic E-state index is 0.0684. The van der Waals surface area contributed by atoms with E-state index in [1.165, 1.54) is 0 Å². The lowest BCUT2D eigenvalue weighted by Crippen LogP contribution is -1.95. The minimum atomic E-state index is 0.0684. The number of benzene rings is 4. The highest BCUT2D eigenvalue weighted by Gasteiger charge is 1.97. The van der Waals surface area contributed by atoms with Crippen LogP contribution in [0, 0.1) is 0 Å². The normalized spacial score (nSPS) is 9.50. The van der Waals surface area contributed by atoms with Gasteiger partial charge in [0.2, 0.25) is 0 Å². The first-order valence-electron chi connectivity index (χ1n) is 10.8. The quantitative estimate of drug-likeness (QED) is 0.344. The van der Waals surface area contributed by atoms with Gasteiger partial charge in [0.25, 0.3) is 0 Å². The highest BCUT2D eigenvalue weighted by atomic mass is 16.5. The summed E-state index contributed by atoms with van der Waals surface area (Å²) in [6.45, 7) is 1.18. The Morgan fingerprint density at radius 1 is 0.588 bits per heavy atom. The van der Waals surface area contributed by atoms with Crippen molar-refractivity contribution in [1.82, 2.24) is 0 Å². The van der Waals surface area contributed by atoms with Crippen LogP contribution in [0.3, 0.4) is 0 Å². The fraction of sp³-hybridized carbons (Fsp3) is 0.138. The first kappa shape index (κ1) is 26.3. The Morgan fingerprint density at radius 2 is 1.00 bits per heavy atom. The zero-order valence-corrected chi connectivity index (χ0v) is 19.2. The van der Waals surface area contributed by atoms with Crippen LogP contribution >= 0.6 is 0 Å². The van der Waals surface area contributed by atoms with Crippen molar-refractivity contribution in [3.8, 4) is 11.5 Å². The van der Waals surface area contributed by atoms with Crippen LogP contribution in [0.2, 0.25) is 0 Å². The Bertz CT molecular complexity index is 1050. The van der Waals surface area contributed by atoms with Crippen molar-refractivity contribution < 1.29 is 24.5 Å². The van der Waals surface area contributed by atoms with Crippen LogP contribution in [0.1, 0.15) is 27.0 Å². The van der Waals surface area contributed by atoms with Crippen LogP contribution in [0.15, 0.2) is 109 Å². The van der Waals surface area contributed by atoms with Crippen molar-refractivity contribution in [2.24, 2.45) is 0 Å². The zero-order chi connectivity index (χ0) is 24.4. The second-order valence-corrected chi connectivity index (χ2v) is 7.04. The zero-order valence-electron chi connectivity index (χ0n) is 19.2. The summed E-state index contributed by atoms with van der Waals surface area (Å²) in [7, 11) is 1.00. The number of ether oxygens (including phenoxy) is 2. The Balaban J connectivity index is 0.000000224. The maximum Gasteiger partial charge on any atom is 0.150 e. The van der Waals surface area contributed by atoms with Gasteiger partial charge in [0.05, 0.1) is 6.61 Å². The van der Waals surface area contributed by atoms with E-state index in [4.69, 9.17) is 19.7 Å². The molecule has 4 rings (SSSR count). The Morgan fingerprint density at radius 3 is 1.38 bits per heavy atom. The number of aldehydes is 1. The monoisotopic (exact) mass is 458 g/mol. The van der Waals surface area contributed by atoms with Crippen LogP contribution in [-0.4, -0.2) is 23.6 Å². The number of hydrogen-bond acceptors (Lipinski definition) is 5. The molecular weight excluding hydrogens is 428 g/mol. The summed E-state index contributed by atoms with van der Waals surface area (Å²) >= 11 is 0. The molecule has 5 nitrogen and oxygen atoms in total. The molecule has 0 amide bonds. The molecule has 0 aliphatic carbocycles. The number of carbonyl (C=O) groups is 1. The van der Waals surface area contributed by atoms with E-state index in [2.05, 4.69) is 0 Å². The van der Waals surface area contributed by atoms with Crippen molar-refractivity contribution in [2.75, 3.05) is 7.11 Å². The number of hydrogen-bond donors (Lipinski definition) is 2. The van der Waals surface area contributed by atoms with Crippen molar-refractivity contribution in [3.05, 3.63) is 131 Å². The lowest BCUT2D eigenvalue weighted by Gasteiger charge is -2.06. The fourth-order valence-electron chi connectivity index (χ4n) is 2.82. The number of rotatable bonds is 8. The van der Waals surface area contributed by atoms with Crippen molar-refractivity contribution in [1.29, 1.82) is 0 Å². The first-order valence-corrected chi connectivity index (χ1v) is 10.8. The molecule has 176 valence electrons. The Kier molecular flexibility index (Phi) is 12.2. The van der Waals surface area contributed by atoms with Gasteiger partial charge in [-0.25, -0.2) is 0 Å². The van der Waals surface area contributed by atoms with Crippen LogP contribution in [0.25, 0.3) is 0 Å². The predicted molar refractivity (Wildman–Crippen MR) is 134 cm³/mol. The molecule has 0 heterocycles. The van der Waals surface area contributed by atoms with Gasteiger partial charge in [-0.05, 0) is 53.1 Å². The summed E-state index contributed by atoms with van der Waals surface area (Å²) < 4.78 is 11.2. The molecule has 0 aromatic heterocycles. The molecule has 0 spiro atoms. The SMILES string of the molecule is CO.O=Cc1ccc(OCc2ccccc2)cc1.OCc1ccc(OCc2ccccc2)cc1. The van der Waals surface area contributed by atoms with E-state index in [0.29, 0.717) is 18.8 Å². The highest BCUT2D eigenvalue weighted by Crippen LogP contribution is 2.14. The van der Waals surface area contributed by atoms with Crippen molar-refractivity contribution in [2.45, 2.75) is 19.8 Å². The van der Waals surface area contributed by atoms with Gasteiger partial charge in [-0.3, -0.25) is 4.79 Å². The topological polar surface area (TPSA) is 76.0 Å². The lowest BCUT2D eigenvalue weighted by atomic mass is 10.2. The standard InChI is InChI=1S/C14H14O2.C14H12O2.CH4O/c2*15-10-12-6-8-14(9-7-12)16-11-13-4-2-1-3-5-13;1-2/h1-9,15H,10-11H2;1-10H,11H2;2H,1H3. The molecule has 0 aliphatic rings. The average molecular weight is 459 g/mol. The molecule has 4 aromatic carbocycles. The summed E-state index contributed by atoms with van der Waals surface area (Å²) in [6.07, 6.45) is 0.820. The van der Waals surface area contributed by atoms with E-state index in [1.807, 2.05) is 84.9 Å². The largest absolute Gasteiger partial charge is 0.489 e. The van der Waals surface area contributed by atoms with E-state index in [1.54, 1.807) is 24.3 Å². The van der Waals surface area contributed by atoms with E-state index < -0.39 is 0 Å². The Labute approximate surface area is 200 Å². The van der Waals surface area contributed by atoms with Gasteiger partial charge in [0.1, 0.15) is 31.0 Å². The van der Waals surface area contributed by atoms with E-state index in [-0.39, 0.29) is 6.61 Å². The molecule has 0 radical (unpaired) electrons. The third kappa shape index (κ3) is 9.69. The van der Waals surface area contributed by atoms with E-state index >= 15 is 0 Å². The lowest BCUT2D eigenvalue weighted by molar-refractivity contribution is 0.112. The molecule has 0 saturated heterocycles. The molecule has 0 fully saturated rings. The number of carbonyl (C=O) groups excluding carboxylic acids is 1. The third-order valence-corrected chi connectivity index (χ3v) is 4.62. The molecule has 0 saturated carbocycles. The van der Waals surface area contributed by atoms with Crippen molar-refractivity contribution in [3.63, 3.8) is 0 Å². The van der Waals surface area contributed by atoms with Gasteiger partial charge in [-0.15, -0.1) is 0 Å². The fourth-order valence-corrected chi connectivity index (χ4v) is 2.82. The second kappa shape index (κ2) is 15.8. The van der Waals surface area contributed by atoms with Gasteiger partial charge in [0, 0.05) is 12.7 Å². The summed E-state index contributed by atoms with van der Waals surface area (Å²) in [5, 5.41) is 15.9. The first-order chi connectivity index (χ1) is 16.8. The second-order valence-electron chi connectivity index (χ2n) is 7.04. The van der Waals surface area contributed by atoms with E-state index in [0.717, 1.165) is 41.6 Å². The molecule has 0 aliphatic heterocycles. The molecule has 0 unspecified atom stereocenters. The van der Waals surface area contributed by atoms with Gasteiger partial charge < -0.3 is 19.7 Å². The third-order valence-electron chi connectivity index (χ3n) is 4.62. The van der Waals surface area contributed by atoms with Crippen molar-refractivity contribution >= 4 is 6.29 Å². The molecule has 2 N–H and O–H groups in total. The molecule has 0 atom stereocenters. The van der Waals surface area contributed by atoms with Gasteiger partial charge in [-0.2, -0.15) is 0 Å². The average Bonchev–Trinajstić information content (AvgIpc) is 2.94. The van der Waals surface area contributed by atoms with Crippen LogP contribution in [0.4, 0.5) is 0 Å². The summed E-state index contributed by atoms with van der Waals surface area (Å²) in [5.41, 5.74) is 3.83. The molecule has 5 heteroatoms. The Hall–Kier alpha value is -3.93. The maximum atomic E-state index is 10.5. The van der Waals surface area contributed by atoms with Gasteiger partial charge in [0.15, 0.2) is 0 Å². The van der Waals surface area contributed by atoms with Gasteiger partial charge >= 0.3 is 0 Å². The maximum absolute atomic E-state index is 10.5.